The first-order valence-corrected chi connectivity index (χ1v) is 7.43. The van der Waals surface area contributed by atoms with Gasteiger partial charge in [0, 0.05) is 12.3 Å². The summed E-state index contributed by atoms with van der Waals surface area (Å²) >= 11 is 0. The van der Waals surface area contributed by atoms with Gasteiger partial charge < -0.3 is 9.47 Å². The van der Waals surface area contributed by atoms with Crippen molar-refractivity contribution in [2.45, 2.75) is 46.5 Å². The van der Waals surface area contributed by atoms with Crippen LogP contribution in [0.2, 0.25) is 0 Å². The molecule has 0 N–H and O–H groups in total. The van der Waals surface area contributed by atoms with Crippen LogP contribution in [-0.4, -0.2) is 13.7 Å². The minimum Gasteiger partial charge on any atom is -0.493 e. The van der Waals surface area contributed by atoms with Gasteiger partial charge in [-0.1, -0.05) is 39.7 Å². The van der Waals surface area contributed by atoms with E-state index >= 15 is 0 Å². The van der Waals surface area contributed by atoms with Gasteiger partial charge in [0.05, 0.1) is 13.7 Å². The SMILES string of the molecule is CCC#CC(C)C(C)c1ccc(OCCC)c(OC)c1. The summed E-state index contributed by atoms with van der Waals surface area (Å²) in [5.74, 6) is 8.79. The van der Waals surface area contributed by atoms with E-state index in [0.29, 0.717) is 18.4 Å². The molecule has 1 rings (SSSR count). The lowest BCUT2D eigenvalue weighted by Gasteiger charge is -2.18. The zero-order valence-corrected chi connectivity index (χ0v) is 13.3. The fourth-order valence-corrected chi connectivity index (χ4v) is 1.98. The van der Waals surface area contributed by atoms with Crippen LogP contribution in [0, 0.1) is 17.8 Å². The maximum atomic E-state index is 5.68. The average molecular weight is 274 g/mol. The number of benzene rings is 1. The molecule has 0 saturated heterocycles. The normalized spacial score (nSPS) is 13.1. The van der Waals surface area contributed by atoms with Crippen molar-refractivity contribution in [3.8, 4) is 23.3 Å². The summed E-state index contributed by atoms with van der Waals surface area (Å²) in [4.78, 5) is 0. The highest BCUT2D eigenvalue weighted by molar-refractivity contribution is 5.44. The highest BCUT2D eigenvalue weighted by atomic mass is 16.5. The van der Waals surface area contributed by atoms with Crippen LogP contribution < -0.4 is 9.47 Å². The molecule has 0 saturated carbocycles. The van der Waals surface area contributed by atoms with Crippen molar-refractivity contribution in [2.24, 2.45) is 5.92 Å². The molecule has 0 aliphatic carbocycles. The number of rotatable bonds is 6. The first kappa shape index (κ1) is 16.4. The zero-order chi connectivity index (χ0) is 15.0. The predicted molar refractivity (Wildman–Crippen MR) is 84.4 cm³/mol. The molecule has 110 valence electrons. The van der Waals surface area contributed by atoms with Gasteiger partial charge in [0.2, 0.25) is 0 Å². The van der Waals surface area contributed by atoms with Crippen LogP contribution in [0.15, 0.2) is 18.2 Å². The fourth-order valence-electron chi connectivity index (χ4n) is 1.98. The monoisotopic (exact) mass is 274 g/mol. The van der Waals surface area contributed by atoms with E-state index in [0.717, 1.165) is 24.3 Å². The molecule has 0 heterocycles. The smallest absolute Gasteiger partial charge is 0.161 e. The van der Waals surface area contributed by atoms with E-state index < -0.39 is 0 Å². The van der Waals surface area contributed by atoms with Gasteiger partial charge in [-0.2, -0.15) is 0 Å². The van der Waals surface area contributed by atoms with Crippen molar-refractivity contribution < 1.29 is 9.47 Å². The van der Waals surface area contributed by atoms with Gasteiger partial charge in [0.1, 0.15) is 0 Å². The van der Waals surface area contributed by atoms with Crippen molar-refractivity contribution in [3.63, 3.8) is 0 Å². The molecule has 2 atom stereocenters. The second-order valence-electron chi connectivity index (χ2n) is 5.01. The van der Waals surface area contributed by atoms with Crippen molar-refractivity contribution in [1.29, 1.82) is 0 Å². The first-order valence-electron chi connectivity index (χ1n) is 7.43. The van der Waals surface area contributed by atoms with Gasteiger partial charge in [-0.15, -0.1) is 5.92 Å². The van der Waals surface area contributed by atoms with E-state index in [2.05, 4.69) is 51.7 Å². The molecular formula is C18H26O2. The first-order chi connectivity index (χ1) is 9.63. The lowest BCUT2D eigenvalue weighted by molar-refractivity contribution is 0.294. The molecule has 0 aliphatic heterocycles. The standard InChI is InChI=1S/C18H26O2/c1-6-8-9-14(3)15(4)16-10-11-17(20-12-7-2)18(13-16)19-5/h10-11,13-15H,6-7,12H2,1-5H3. The van der Waals surface area contributed by atoms with Crippen molar-refractivity contribution >= 4 is 0 Å². The molecule has 2 nitrogen and oxygen atoms in total. The molecule has 0 aliphatic rings. The van der Waals surface area contributed by atoms with Crippen LogP contribution in [0.25, 0.3) is 0 Å². The van der Waals surface area contributed by atoms with Crippen LogP contribution in [0.5, 0.6) is 11.5 Å². The number of methoxy groups -OCH3 is 1. The third-order valence-electron chi connectivity index (χ3n) is 3.43. The van der Waals surface area contributed by atoms with Gasteiger partial charge in [0.25, 0.3) is 0 Å². The second-order valence-corrected chi connectivity index (χ2v) is 5.01. The average Bonchev–Trinajstić information content (AvgIpc) is 2.49. The van der Waals surface area contributed by atoms with Gasteiger partial charge in [-0.05, 0) is 30.0 Å². The second kappa shape index (κ2) is 8.53. The van der Waals surface area contributed by atoms with Gasteiger partial charge in [0.15, 0.2) is 11.5 Å². The lowest BCUT2D eigenvalue weighted by atomic mass is 9.89. The Morgan fingerprint density at radius 3 is 2.50 bits per heavy atom. The quantitative estimate of drug-likeness (QED) is 0.704. The minimum absolute atomic E-state index is 0.335. The molecule has 0 aromatic heterocycles. The Morgan fingerprint density at radius 1 is 1.15 bits per heavy atom. The molecule has 0 radical (unpaired) electrons. The maximum Gasteiger partial charge on any atom is 0.161 e. The summed E-state index contributed by atoms with van der Waals surface area (Å²) in [6.45, 7) is 9.26. The van der Waals surface area contributed by atoms with Crippen LogP contribution >= 0.6 is 0 Å². The maximum absolute atomic E-state index is 5.68. The molecule has 20 heavy (non-hydrogen) atoms. The molecule has 0 fully saturated rings. The predicted octanol–water partition coefficient (Wildman–Crippen LogP) is 4.64. The third kappa shape index (κ3) is 4.49. The highest BCUT2D eigenvalue weighted by Crippen LogP contribution is 2.33. The van der Waals surface area contributed by atoms with E-state index in [1.54, 1.807) is 7.11 Å². The van der Waals surface area contributed by atoms with Crippen molar-refractivity contribution in [2.75, 3.05) is 13.7 Å². The number of hydrogen-bond acceptors (Lipinski definition) is 2. The number of ether oxygens (including phenoxy) is 2. The van der Waals surface area contributed by atoms with Crippen LogP contribution in [0.3, 0.4) is 0 Å². The highest BCUT2D eigenvalue weighted by Gasteiger charge is 2.15. The third-order valence-corrected chi connectivity index (χ3v) is 3.43. The Kier molecular flexibility index (Phi) is 7.01. The minimum atomic E-state index is 0.335. The van der Waals surface area contributed by atoms with E-state index in [1.807, 2.05) is 6.07 Å². The Hall–Kier alpha value is -1.62. The summed E-state index contributed by atoms with van der Waals surface area (Å²) in [5, 5.41) is 0. The summed E-state index contributed by atoms with van der Waals surface area (Å²) in [6.07, 6.45) is 1.90. The van der Waals surface area contributed by atoms with Crippen LogP contribution in [-0.2, 0) is 0 Å². The lowest BCUT2D eigenvalue weighted by Crippen LogP contribution is -2.05. The van der Waals surface area contributed by atoms with Gasteiger partial charge >= 0.3 is 0 Å². The zero-order valence-electron chi connectivity index (χ0n) is 13.3. The fraction of sp³-hybridized carbons (Fsp3) is 0.556. The molecule has 2 unspecified atom stereocenters. The van der Waals surface area contributed by atoms with Crippen molar-refractivity contribution in [1.82, 2.24) is 0 Å². The van der Waals surface area contributed by atoms with Gasteiger partial charge in [-0.3, -0.25) is 0 Å². The number of hydrogen-bond donors (Lipinski definition) is 0. The Labute approximate surface area is 123 Å². The van der Waals surface area contributed by atoms with E-state index in [9.17, 15) is 0 Å². The molecule has 0 bridgehead atoms. The van der Waals surface area contributed by atoms with Crippen LogP contribution in [0.4, 0.5) is 0 Å². The summed E-state index contributed by atoms with van der Waals surface area (Å²) < 4.78 is 11.1. The summed E-state index contributed by atoms with van der Waals surface area (Å²) in [6, 6.07) is 6.18. The molecular weight excluding hydrogens is 248 g/mol. The Bertz CT molecular complexity index is 468. The molecule has 0 spiro atoms. The molecule has 2 heteroatoms. The topological polar surface area (TPSA) is 18.5 Å². The van der Waals surface area contributed by atoms with Gasteiger partial charge in [-0.25, -0.2) is 0 Å². The molecule has 1 aromatic carbocycles. The Morgan fingerprint density at radius 2 is 1.90 bits per heavy atom. The summed E-state index contributed by atoms with van der Waals surface area (Å²) in [7, 11) is 1.68. The molecule has 0 amide bonds. The van der Waals surface area contributed by atoms with E-state index in [1.165, 1.54) is 5.56 Å². The van der Waals surface area contributed by atoms with Crippen LogP contribution in [0.1, 0.15) is 52.0 Å². The molecule has 1 aromatic rings. The van der Waals surface area contributed by atoms with E-state index in [-0.39, 0.29) is 0 Å². The Balaban J connectivity index is 2.91. The summed E-state index contributed by atoms with van der Waals surface area (Å²) in [5.41, 5.74) is 1.24. The largest absolute Gasteiger partial charge is 0.493 e. The van der Waals surface area contributed by atoms with Crippen molar-refractivity contribution in [3.05, 3.63) is 23.8 Å². The van der Waals surface area contributed by atoms with E-state index in [4.69, 9.17) is 9.47 Å².